The van der Waals surface area contributed by atoms with Crippen LogP contribution in [0.4, 0.5) is 0 Å². The molecule has 6 heteroatoms. The number of allylic oxidation sites excluding steroid dienone is 4. The fourth-order valence-electron chi connectivity index (χ4n) is 8.91. The van der Waals surface area contributed by atoms with Crippen molar-refractivity contribution in [2.24, 2.45) is 0 Å². The lowest BCUT2D eigenvalue weighted by Gasteiger charge is -2.18. The van der Waals surface area contributed by atoms with Crippen molar-refractivity contribution in [2.75, 3.05) is 13.2 Å². The van der Waals surface area contributed by atoms with Crippen LogP contribution in [0.25, 0.3) is 0 Å². The standard InChI is InChI=1S/C61H114O6/c1-4-7-10-13-16-19-22-25-28-30-32-33-36-39-42-45-48-51-54-60(63)66-57-58(56-65-59(62)53-50-47-44-41-38-35-27-24-21-18-15-12-9-6-3)67-61(64)55-52-49-46-43-40-37-34-31-29-26-23-20-17-14-11-8-5-2/h26,29,35,38,58H,4-25,27-28,30-34,36-37,39-57H2,1-3H3/b29-26-,38-35-. The summed E-state index contributed by atoms with van der Waals surface area (Å²) < 4.78 is 16.9. The summed E-state index contributed by atoms with van der Waals surface area (Å²) in [4.78, 5) is 38.2. The maximum absolute atomic E-state index is 12.9. The van der Waals surface area contributed by atoms with Crippen LogP contribution in [0.1, 0.15) is 329 Å². The number of esters is 3. The van der Waals surface area contributed by atoms with Crippen molar-refractivity contribution in [3.63, 3.8) is 0 Å². The molecule has 0 amide bonds. The molecule has 6 nitrogen and oxygen atoms in total. The number of rotatable bonds is 55. The number of carbonyl (C=O) groups is 3. The van der Waals surface area contributed by atoms with Crippen molar-refractivity contribution < 1.29 is 28.6 Å². The van der Waals surface area contributed by atoms with Gasteiger partial charge in [-0.15, -0.1) is 0 Å². The number of unbranched alkanes of at least 4 members (excludes halogenated alkanes) is 40. The van der Waals surface area contributed by atoms with Crippen LogP contribution in [0.2, 0.25) is 0 Å². The fraction of sp³-hybridized carbons (Fsp3) is 0.885. The van der Waals surface area contributed by atoms with E-state index in [-0.39, 0.29) is 31.1 Å². The first-order valence-corrected chi connectivity index (χ1v) is 29.8. The second-order valence-electron chi connectivity index (χ2n) is 20.3. The van der Waals surface area contributed by atoms with E-state index in [4.69, 9.17) is 14.2 Å². The van der Waals surface area contributed by atoms with Gasteiger partial charge in [-0.1, -0.05) is 263 Å². The number of carbonyl (C=O) groups excluding carboxylic acids is 3. The largest absolute Gasteiger partial charge is 0.462 e. The summed E-state index contributed by atoms with van der Waals surface area (Å²) in [6, 6.07) is 0. The van der Waals surface area contributed by atoms with Crippen LogP contribution in [-0.2, 0) is 28.6 Å². The Kier molecular flexibility index (Phi) is 54.7. The molecule has 0 bridgehead atoms. The van der Waals surface area contributed by atoms with Gasteiger partial charge in [0.1, 0.15) is 13.2 Å². The van der Waals surface area contributed by atoms with E-state index in [0.29, 0.717) is 19.3 Å². The van der Waals surface area contributed by atoms with Crippen molar-refractivity contribution in [3.8, 4) is 0 Å². The predicted octanol–water partition coefficient (Wildman–Crippen LogP) is 19.9. The van der Waals surface area contributed by atoms with Gasteiger partial charge in [-0.25, -0.2) is 0 Å². The molecule has 0 aliphatic carbocycles. The minimum absolute atomic E-state index is 0.0731. The van der Waals surface area contributed by atoms with Gasteiger partial charge < -0.3 is 14.2 Å². The highest BCUT2D eigenvalue weighted by Gasteiger charge is 2.19. The number of ether oxygens (including phenoxy) is 3. The van der Waals surface area contributed by atoms with Crippen molar-refractivity contribution >= 4 is 17.9 Å². The average molecular weight is 944 g/mol. The lowest BCUT2D eigenvalue weighted by Crippen LogP contribution is -2.30. The summed E-state index contributed by atoms with van der Waals surface area (Å²) in [6.45, 7) is 6.67. The Labute approximate surface area is 417 Å². The van der Waals surface area contributed by atoms with Crippen molar-refractivity contribution in [1.82, 2.24) is 0 Å². The molecular formula is C61H114O6. The van der Waals surface area contributed by atoms with Gasteiger partial charge >= 0.3 is 17.9 Å². The van der Waals surface area contributed by atoms with E-state index in [0.717, 1.165) is 64.2 Å². The van der Waals surface area contributed by atoms with Gasteiger partial charge in [0.05, 0.1) is 0 Å². The van der Waals surface area contributed by atoms with E-state index in [1.165, 1.54) is 225 Å². The van der Waals surface area contributed by atoms with E-state index >= 15 is 0 Å². The number of hydrogen-bond acceptors (Lipinski definition) is 6. The summed E-state index contributed by atoms with van der Waals surface area (Å²) in [5.74, 6) is -0.872. The minimum atomic E-state index is -0.776. The first-order chi connectivity index (χ1) is 33.0. The van der Waals surface area contributed by atoms with Crippen molar-refractivity contribution in [2.45, 2.75) is 335 Å². The monoisotopic (exact) mass is 943 g/mol. The molecule has 0 rings (SSSR count). The summed E-state index contributed by atoms with van der Waals surface area (Å²) in [7, 11) is 0. The molecule has 67 heavy (non-hydrogen) atoms. The molecule has 1 atom stereocenters. The molecule has 0 saturated carbocycles. The maximum atomic E-state index is 12.9. The third kappa shape index (κ3) is 54.7. The SMILES string of the molecule is CCCCCCCC/C=C\CCCCCCCCCC(=O)OC(COC(=O)CCCCC/C=C\CCCCCCCCC)COC(=O)CCCCCCCCCCCCCCCCCCCC. The Morgan fingerprint density at radius 2 is 0.493 bits per heavy atom. The predicted molar refractivity (Wildman–Crippen MR) is 289 cm³/mol. The quantitative estimate of drug-likeness (QED) is 0.0262. The Balaban J connectivity index is 4.34. The molecule has 0 aromatic carbocycles. The molecule has 0 fully saturated rings. The van der Waals surface area contributed by atoms with E-state index in [2.05, 4.69) is 45.1 Å². The molecule has 0 heterocycles. The van der Waals surface area contributed by atoms with Crippen LogP contribution < -0.4 is 0 Å². The zero-order chi connectivity index (χ0) is 48.6. The van der Waals surface area contributed by atoms with Gasteiger partial charge in [-0.2, -0.15) is 0 Å². The number of hydrogen-bond donors (Lipinski definition) is 0. The van der Waals surface area contributed by atoms with Gasteiger partial charge in [0.2, 0.25) is 0 Å². The molecule has 394 valence electrons. The molecular weight excluding hydrogens is 829 g/mol. The van der Waals surface area contributed by atoms with Crippen LogP contribution in [0.15, 0.2) is 24.3 Å². The summed E-state index contributed by atoms with van der Waals surface area (Å²) in [6.07, 6.45) is 66.0. The van der Waals surface area contributed by atoms with E-state index in [1.807, 2.05) is 0 Å². The highest BCUT2D eigenvalue weighted by molar-refractivity contribution is 5.71. The van der Waals surface area contributed by atoms with Gasteiger partial charge in [0, 0.05) is 19.3 Å². The first kappa shape index (κ1) is 64.9. The molecule has 0 N–H and O–H groups in total. The van der Waals surface area contributed by atoms with Gasteiger partial charge in [-0.3, -0.25) is 14.4 Å². The Morgan fingerprint density at radius 3 is 0.761 bits per heavy atom. The summed E-state index contributed by atoms with van der Waals surface area (Å²) in [5.41, 5.74) is 0. The highest BCUT2D eigenvalue weighted by atomic mass is 16.6. The first-order valence-electron chi connectivity index (χ1n) is 29.8. The third-order valence-electron chi connectivity index (χ3n) is 13.4. The third-order valence-corrected chi connectivity index (χ3v) is 13.4. The molecule has 0 saturated heterocycles. The van der Waals surface area contributed by atoms with Crippen LogP contribution in [0.3, 0.4) is 0 Å². The second-order valence-corrected chi connectivity index (χ2v) is 20.3. The molecule has 0 aliphatic rings. The smallest absolute Gasteiger partial charge is 0.306 e. The van der Waals surface area contributed by atoms with E-state index in [9.17, 15) is 14.4 Å². The molecule has 1 unspecified atom stereocenters. The Bertz CT molecular complexity index is 1080. The Morgan fingerprint density at radius 1 is 0.284 bits per heavy atom. The minimum Gasteiger partial charge on any atom is -0.462 e. The lowest BCUT2D eigenvalue weighted by molar-refractivity contribution is -0.167. The summed E-state index contributed by atoms with van der Waals surface area (Å²) in [5, 5.41) is 0. The van der Waals surface area contributed by atoms with Crippen LogP contribution >= 0.6 is 0 Å². The van der Waals surface area contributed by atoms with Gasteiger partial charge in [0.15, 0.2) is 6.10 Å². The Hall–Kier alpha value is -2.11. The van der Waals surface area contributed by atoms with E-state index in [1.54, 1.807) is 0 Å². The zero-order valence-electron chi connectivity index (χ0n) is 45.2. The molecule has 0 spiro atoms. The van der Waals surface area contributed by atoms with Crippen LogP contribution in [-0.4, -0.2) is 37.2 Å². The van der Waals surface area contributed by atoms with Crippen molar-refractivity contribution in [3.05, 3.63) is 24.3 Å². The normalized spacial score (nSPS) is 12.1. The fourth-order valence-corrected chi connectivity index (χ4v) is 8.91. The van der Waals surface area contributed by atoms with E-state index < -0.39 is 6.10 Å². The average Bonchev–Trinajstić information content (AvgIpc) is 3.33. The lowest BCUT2D eigenvalue weighted by atomic mass is 10.0. The molecule has 0 aromatic heterocycles. The topological polar surface area (TPSA) is 78.9 Å². The second kappa shape index (κ2) is 56.5. The molecule has 0 aliphatic heterocycles. The molecule has 0 aromatic rings. The van der Waals surface area contributed by atoms with Crippen LogP contribution in [0.5, 0.6) is 0 Å². The maximum Gasteiger partial charge on any atom is 0.306 e. The van der Waals surface area contributed by atoms with Crippen LogP contribution in [0, 0.1) is 0 Å². The zero-order valence-corrected chi connectivity index (χ0v) is 45.2. The van der Waals surface area contributed by atoms with Crippen molar-refractivity contribution in [1.29, 1.82) is 0 Å². The van der Waals surface area contributed by atoms with Gasteiger partial charge in [0.25, 0.3) is 0 Å². The summed E-state index contributed by atoms with van der Waals surface area (Å²) >= 11 is 0. The highest BCUT2D eigenvalue weighted by Crippen LogP contribution is 2.17. The molecule has 0 radical (unpaired) electrons. The van der Waals surface area contributed by atoms with Gasteiger partial charge in [-0.05, 0) is 70.6 Å².